The Balaban J connectivity index is 2.11. The molecule has 2 aromatic heterocycles. The average molecular weight is 270 g/mol. The Labute approximate surface area is 115 Å². The van der Waals surface area contributed by atoms with Gasteiger partial charge < -0.3 is 10.9 Å². The van der Waals surface area contributed by atoms with Crippen LogP contribution in [0.25, 0.3) is 0 Å². The lowest BCUT2D eigenvalue weighted by atomic mass is 10.3. The molecule has 0 aliphatic rings. The molecule has 6 N–H and O–H groups in total. The van der Waals surface area contributed by atoms with Crippen LogP contribution >= 0.6 is 0 Å². The Bertz CT molecular complexity index is 567. The maximum atomic E-state index is 5.34. The Morgan fingerprint density at radius 2 is 1.30 bits per heavy atom. The zero-order valence-electron chi connectivity index (χ0n) is 10.6. The normalized spacial score (nSPS) is 11.1. The molecular weight excluding hydrogens is 256 g/mol. The second-order valence-electron chi connectivity index (χ2n) is 3.66. The minimum atomic E-state index is 0.525. The number of nitrogen functional groups attached to an aromatic ring is 2. The van der Waals surface area contributed by atoms with E-state index < -0.39 is 0 Å². The van der Waals surface area contributed by atoms with Gasteiger partial charge in [0.1, 0.15) is 11.6 Å². The van der Waals surface area contributed by atoms with E-state index in [4.69, 9.17) is 11.7 Å². The highest BCUT2D eigenvalue weighted by Crippen LogP contribution is 2.08. The highest BCUT2D eigenvalue weighted by molar-refractivity contribution is 5.88. The van der Waals surface area contributed by atoms with Crippen molar-refractivity contribution in [1.82, 2.24) is 9.97 Å². The fourth-order valence-electron chi connectivity index (χ4n) is 1.48. The number of nitrogens with two attached hydrogens (primary N) is 2. The molecule has 0 saturated heterocycles. The molecule has 2 rings (SSSR count). The van der Waals surface area contributed by atoms with Gasteiger partial charge in [-0.15, -0.1) is 0 Å². The molecule has 0 aliphatic carbocycles. The molecule has 0 aliphatic heterocycles. The minimum absolute atomic E-state index is 0.525. The number of hydrogen-bond acceptors (Lipinski definition) is 8. The maximum absolute atomic E-state index is 5.34. The van der Waals surface area contributed by atoms with Gasteiger partial charge >= 0.3 is 0 Å². The van der Waals surface area contributed by atoms with Crippen LogP contribution < -0.4 is 22.5 Å². The fraction of sp³-hybridized carbons (Fsp3) is 0. The molecule has 8 heteroatoms. The second kappa shape index (κ2) is 6.92. The number of pyridine rings is 2. The van der Waals surface area contributed by atoms with Crippen LogP contribution in [-0.2, 0) is 0 Å². The number of nitrogens with zero attached hydrogens (tertiary/aromatic N) is 4. The summed E-state index contributed by atoms with van der Waals surface area (Å²) in [5, 5.41) is 7.87. The Morgan fingerprint density at radius 1 is 0.850 bits per heavy atom. The van der Waals surface area contributed by atoms with Crippen LogP contribution in [-0.4, -0.2) is 22.4 Å². The first kappa shape index (κ1) is 13.6. The molecule has 0 amide bonds. The Morgan fingerprint density at radius 3 is 1.70 bits per heavy atom. The molecule has 0 fully saturated rings. The number of anilines is 2. The van der Waals surface area contributed by atoms with E-state index in [1.165, 1.54) is 0 Å². The van der Waals surface area contributed by atoms with E-state index in [1.54, 1.807) is 37.0 Å². The first-order valence-corrected chi connectivity index (χ1v) is 5.75. The van der Waals surface area contributed by atoms with Crippen LogP contribution in [0.3, 0.4) is 0 Å². The van der Waals surface area contributed by atoms with Gasteiger partial charge in [0.15, 0.2) is 0 Å². The predicted octanol–water partition coefficient (Wildman–Crippen LogP) is 0.501. The monoisotopic (exact) mass is 270 g/mol. The molecule has 0 spiro atoms. The largest absolute Gasteiger partial charge is 0.308 e. The van der Waals surface area contributed by atoms with Crippen molar-refractivity contribution in [1.29, 1.82) is 0 Å². The minimum Gasteiger partial charge on any atom is -0.308 e. The SMILES string of the molecule is NNc1ncccc1C=NN=Cc1cccnc1NN. The quantitative estimate of drug-likeness (QED) is 0.356. The number of hydrazine groups is 2. The highest BCUT2D eigenvalue weighted by atomic mass is 15.3. The van der Waals surface area contributed by atoms with Crippen molar-refractivity contribution in [2.45, 2.75) is 0 Å². The molecule has 0 radical (unpaired) electrons. The summed E-state index contributed by atoms with van der Waals surface area (Å²) in [6.07, 6.45) is 6.35. The first-order valence-electron chi connectivity index (χ1n) is 5.75. The zero-order valence-corrected chi connectivity index (χ0v) is 10.6. The molecule has 2 heterocycles. The molecule has 0 saturated carbocycles. The second-order valence-corrected chi connectivity index (χ2v) is 3.66. The summed E-state index contributed by atoms with van der Waals surface area (Å²) in [6.45, 7) is 0. The lowest BCUT2D eigenvalue weighted by molar-refractivity contribution is 1.20. The van der Waals surface area contributed by atoms with Crippen molar-refractivity contribution in [2.24, 2.45) is 21.9 Å². The summed E-state index contributed by atoms with van der Waals surface area (Å²) in [4.78, 5) is 8.09. The molecule has 20 heavy (non-hydrogen) atoms. The molecule has 8 nitrogen and oxygen atoms in total. The van der Waals surface area contributed by atoms with Crippen LogP contribution in [0.1, 0.15) is 11.1 Å². The fourth-order valence-corrected chi connectivity index (χ4v) is 1.48. The molecule has 0 bridgehead atoms. The van der Waals surface area contributed by atoms with E-state index >= 15 is 0 Å². The van der Waals surface area contributed by atoms with E-state index in [0.29, 0.717) is 11.6 Å². The van der Waals surface area contributed by atoms with Crippen LogP contribution in [0.4, 0.5) is 11.6 Å². The van der Waals surface area contributed by atoms with Crippen molar-refractivity contribution < 1.29 is 0 Å². The van der Waals surface area contributed by atoms with Crippen molar-refractivity contribution in [3.8, 4) is 0 Å². The van der Waals surface area contributed by atoms with Gasteiger partial charge in [-0.1, -0.05) is 0 Å². The van der Waals surface area contributed by atoms with Crippen molar-refractivity contribution in [3.05, 3.63) is 47.8 Å². The van der Waals surface area contributed by atoms with Crippen molar-refractivity contribution >= 4 is 24.1 Å². The summed E-state index contributed by atoms with van der Waals surface area (Å²) in [6, 6.07) is 7.20. The maximum Gasteiger partial charge on any atom is 0.148 e. The number of aromatic nitrogens is 2. The molecule has 0 aromatic carbocycles. The third kappa shape index (κ3) is 3.34. The molecule has 0 atom stereocenters. The Kier molecular flexibility index (Phi) is 4.70. The summed E-state index contributed by atoms with van der Waals surface area (Å²) >= 11 is 0. The average Bonchev–Trinajstić information content (AvgIpc) is 2.52. The lowest BCUT2D eigenvalue weighted by Gasteiger charge is -2.01. The van der Waals surface area contributed by atoms with Crippen LogP contribution in [0, 0.1) is 0 Å². The standard InChI is InChI=1S/C12H14N8/c13-19-11-9(3-1-5-15-11)7-17-18-8-10-4-2-6-16-12(10)20-14/h1-8H,13-14H2,(H,15,19)(H,16,20). The van der Waals surface area contributed by atoms with Crippen LogP contribution in [0.2, 0.25) is 0 Å². The van der Waals surface area contributed by atoms with Crippen molar-refractivity contribution in [2.75, 3.05) is 10.9 Å². The van der Waals surface area contributed by atoms with Gasteiger partial charge in [-0.2, -0.15) is 10.2 Å². The van der Waals surface area contributed by atoms with Gasteiger partial charge in [0.2, 0.25) is 0 Å². The van der Waals surface area contributed by atoms with Gasteiger partial charge in [-0.25, -0.2) is 21.7 Å². The molecule has 102 valence electrons. The third-order valence-electron chi connectivity index (χ3n) is 2.41. The van der Waals surface area contributed by atoms with E-state index in [9.17, 15) is 0 Å². The number of rotatable bonds is 5. The van der Waals surface area contributed by atoms with Gasteiger partial charge in [-0.05, 0) is 24.3 Å². The van der Waals surface area contributed by atoms with E-state index in [0.717, 1.165) is 11.1 Å². The summed E-state index contributed by atoms with van der Waals surface area (Å²) in [5.41, 5.74) is 6.43. The summed E-state index contributed by atoms with van der Waals surface area (Å²) < 4.78 is 0. The topological polar surface area (TPSA) is 127 Å². The molecule has 2 aromatic rings. The van der Waals surface area contributed by atoms with E-state index in [-0.39, 0.29) is 0 Å². The third-order valence-corrected chi connectivity index (χ3v) is 2.41. The van der Waals surface area contributed by atoms with Gasteiger partial charge in [0.25, 0.3) is 0 Å². The van der Waals surface area contributed by atoms with Gasteiger partial charge in [0, 0.05) is 23.5 Å². The van der Waals surface area contributed by atoms with Gasteiger partial charge in [0.05, 0.1) is 12.4 Å². The van der Waals surface area contributed by atoms with Gasteiger partial charge in [-0.3, -0.25) is 0 Å². The Hall–Kier alpha value is -2.84. The zero-order chi connectivity index (χ0) is 14.2. The molecular formula is C12H14N8. The number of nitrogens with one attached hydrogen (secondary N) is 2. The first-order chi connectivity index (χ1) is 9.85. The number of hydrogen-bond donors (Lipinski definition) is 4. The van der Waals surface area contributed by atoms with Crippen LogP contribution in [0.5, 0.6) is 0 Å². The highest BCUT2D eigenvalue weighted by Gasteiger charge is 1.98. The van der Waals surface area contributed by atoms with Crippen LogP contribution in [0.15, 0.2) is 46.9 Å². The van der Waals surface area contributed by atoms with Crippen molar-refractivity contribution in [3.63, 3.8) is 0 Å². The smallest absolute Gasteiger partial charge is 0.148 e. The predicted molar refractivity (Wildman–Crippen MR) is 79.3 cm³/mol. The molecule has 0 unspecified atom stereocenters. The van der Waals surface area contributed by atoms with E-state index in [2.05, 4.69) is 31.0 Å². The lowest BCUT2D eigenvalue weighted by Crippen LogP contribution is -2.10. The summed E-state index contributed by atoms with van der Waals surface area (Å²) in [7, 11) is 0. The van der Waals surface area contributed by atoms with E-state index in [1.807, 2.05) is 12.1 Å². The summed E-state index contributed by atoms with van der Waals surface area (Å²) in [5.74, 6) is 11.7.